The first-order valence-corrected chi connectivity index (χ1v) is 12.5. The highest BCUT2D eigenvalue weighted by atomic mass is 32.1. The van der Waals surface area contributed by atoms with Gasteiger partial charge in [0.2, 0.25) is 0 Å². The van der Waals surface area contributed by atoms with E-state index in [1.807, 2.05) is 6.92 Å². The third-order valence-electron chi connectivity index (χ3n) is 6.29. The van der Waals surface area contributed by atoms with E-state index in [4.69, 9.17) is 21.9 Å². The number of rotatable bonds is 11. The highest BCUT2D eigenvalue weighted by molar-refractivity contribution is 7.80. The van der Waals surface area contributed by atoms with Crippen molar-refractivity contribution in [2.75, 3.05) is 40.3 Å². The van der Waals surface area contributed by atoms with E-state index in [0.717, 1.165) is 66.2 Å². The molecule has 2 aromatic carbocycles. The molecule has 0 saturated heterocycles. The van der Waals surface area contributed by atoms with Crippen LogP contribution < -0.4 is 4.74 Å². The van der Waals surface area contributed by atoms with Gasteiger partial charge in [0.1, 0.15) is 16.6 Å². The van der Waals surface area contributed by atoms with Gasteiger partial charge < -0.3 is 19.1 Å². The zero-order valence-corrected chi connectivity index (χ0v) is 21.2. The molecular weight excluding hydrogens is 428 g/mol. The molecular formula is C27H36N4OS. The fourth-order valence-corrected chi connectivity index (χ4v) is 4.52. The summed E-state index contributed by atoms with van der Waals surface area (Å²) in [4.78, 5) is 10.5. The van der Waals surface area contributed by atoms with Gasteiger partial charge in [0, 0.05) is 38.2 Å². The summed E-state index contributed by atoms with van der Waals surface area (Å²) >= 11 is 5.88. The van der Waals surface area contributed by atoms with Gasteiger partial charge in [0.15, 0.2) is 0 Å². The van der Waals surface area contributed by atoms with Gasteiger partial charge in [0.05, 0.1) is 17.6 Å². The summed E-state index contributed by atoms with van der Waals surface area (Å²) in [6.45, 7) is 8.74. The average Bonchev–Trinajstić information content (AvgIpc) is 3.57. The largest absolute Gasteiger partial charge is 0.494 e. The summed E-state index contributed by atoms with van der Waals surface area (Å²) in [6, 6.07) is 15.0. The maximum Gasteiger partial charge on any atom is 0.119 e. The lowest BCUT2D eigenvalue weighted by Crippen LogP contribution is -2.35. The number of nitrogens with zero attached hydrogens (tertiary/aromatic N) is 4. The van der Waals surface area contributed by atoms with E-state index in [2.05, 4.69) is 77.9 Å². The van der Waals surface area contributed by atoms with Crippen LogP contribution in [0, 0.1) is 5.92 Å². The molecule has 176 valence electrons. The standard InChI is InChI=1S/C27H36N4OS/c1-5-30(16-15-29(3)4)27(33)22-11-14-25-24(18-22)28-26(31(25)19-21-7-8-21)17-20-9-12-23(13-10-20)32-6-2/h9-14,18,21H,5-8,15-17,19H2,1-4H3. The van der Waals surface area contributed by atoms with E-state index in [0.29, 0.717) is 6.61 Å². The maximum atomic E-state index is 5.88. The normalized spacial score (nSPS) is 13.6. The molecule has 0 unspecified atom stereocenters. The first-order valence-electron chi connectivity index (χ1n) is 12.1. The molecule has 4 rings (SSSR count). The zero-order valence-electron chi connectivity index (χ0n) is 20.4. The highest BCUT2D eigenvalue weighted by Crippen LogP contribution is 2.33. The fourth-order valence-electron chi connectivity index (χ4n) is 4.17. The minimum Gasteiger partial charge on any atom is -0.494 e. The van der Waals surface area contributed by atoms with Crippen molar-refractivity contribution in [2.24, 2.45) is 5.92 Å². The van der Waals surface area contributed by atoms with E-state index in [1.165, 1.54) is 23.9 Å². The Balaban J connectivity index is 1.61. The van der Waals surface area contributed by atoms with E-state index in [1.54, 1.807) is 0 Å². The van der Waals surface area contributed by atoms with Crippen LogP contribution in [0.4, 0.5) is 0 Å². The van der Waals surface area contributed by atoms with Gasteiger partial charge in [-0.3, -0.25) is 0 Å². The number of likely N-dealkylation sites (N-methyl/N-ethyl adjacent to an activating group) is 2. The van der Waals surface area contributed by atoms with Crippen molar-refractivity contribution >= 4 is 28.2 Å². The molecule has 1 aromatic heterocycles. The zero-order chi connectivity index (χ0) is 23.4. The van der Waals surface area contributed by atoms with Crippen LogP contribution in [0.3, 0.4) is 0 Å². The molecule has 3 aromatic rings. The van der Waals surface area contributed by atoms with Gasteiger partial charge in [0.25, 0.3) is 0 Å². The topological polar surface area (TPSA) is 33.5 Å². The summed E-state index contributed by atoms with van der Waals surface area (Å²) in [5.41, 5.74) is 4.59. The molecule has 0 bridgehead atoms. The van der Waals surface area contributed by atoms with Crippen LogP contribution in [0.5, 0.6) is 5.75 Å². The van der Waals surface area contributed by atoms with Crippen molar-refractivity contribution in [3.8, 4) is 5.75 Å². The van der Waals surface area contributed by atoms with Crippen LogP contribution in [0.15, 0.2) is 42.5 Å². The Bertz CT molecular complexity index is 1090. The van der Waals surface area contributed by atoms with Gasteiger partial charge in [-0.1, -0.05) is 24.4 Å². The molecule has 5 nitrogen and oxygen atoms in total. The van der Waals surface area contributed by atoms with Gasteiger partial charge in [-0.15, -0.1) is 0 Å². The van der Waals surface area contributed by atoms with Crippen molar-refractivity contribution in [1.29, 1.82) is 0 Å². The average molecular weight is 465 g/mol. The fraction of sp³-hybridized carbons (Fsp3) is 0.481. The monoisotopic (exact) mass is 464 g/mol. The molecule has 0 N–H and O–H groups in total. The van der Waals surface area contributed by atoms with Crippen LogP contribution in [-0.2, 0) is 13.0 Å². The molecule has 0 spiro atoms. The third kappa shape index (κ3) is 5.92. The van der Waals surface area contributed by atoms with E-state index in [-0.39, 0.29) is 0 Å². The van der Waals surface area contributed by atoms with Crippen molar-refractivity contribution < 1.29 is 4.74 Å². The second kappa shape index (κ2) is 10.7. The Morgan fingerprint density at radius 1 is 1.09 bits per heavy atom. The minimum atomic E-state index is 0.686. The van der Waals surface area contributed by atoms with Gasteiger partial charge >= 0.3 is 0 Å². The van der Waals surface area contributed by atoms with Gasteiger partial charge in [-0.25, -0.2) is 4.98 Å². The number of imidazole rings is 1. The van der Waals surface area contributed by atoms with Crippen LogP contribution in [-0.4, -0.2) is 64.7 Å². The Morgan fingerprint density at radius 2 is 1.85 bits per heavy atom. The summed E-state index contributed by atoms with van der Waals surface area (Å²) in [5, 5.41) is 0. The Kier molecular flexibility index (Phi) is 7.66. The number of thiocarbonyl (C=S) groups is 1. The van der Waals surface area contributed by atoms with Crippen molar-refractivity contribution in [1.82, 2.24) is 19.4 Å². The Labute approximate surface area is 203 Å². The van der Waals surface area contributed by atoms with Crippen molar-refractivity contribution in [3.63, 3.8) is 0 Å². The van der Waals surface area contributed by atoms with Gasteiger partial charge in [-0.2, -0.15) is 0 Å². The first-order chi connectivity index (χ1) is 16.0. The number of hydrogen-bond acceptors (Lipinski definition) is 4. The summed E-state index contributed by atoms with van der Waals surface area (Å²) in [5.74, 6) is 2.83. The molecule has 6 heteroatoms. The second-order valence-corrected chi connectivity index (χ2v) is 9.61. The van der Waals surface area contributed by atoms with E-state index >= 15 is 0 Å². The summed E-state index contributed by atoms with van der Waals surface area (Å²) < 4.78 is 8.03. The number of ether oxygens (including phenoxy) is 1. The molecule has 1 saturated carbocycles. The molecule has 33 heavy (non-hydrogen) atoms. The SMILES string of the molecule is CCOc1ccc(Cc2nc3cc(C(=S)N(CC)CCN(C)C)ccc3n2CC2CC2)cc1. The molecule has 1 aliphatic rings. The number of fused-ring (bicyclic) bond motifs is 1. The van der Waals surface area contributed by atoms with Crippen LogP contribution in [0.25, 0.3) is 11.0 Å². The summed E-state index contributed by atoms with van der Waals surface area (Å²) in [6.07, 6.45) is 3.46. The lowest BCUT2D eigenvalue weighted by atomic mass is 10.1. The van der Waals surface area contributed by atoms with E-state index < -0.39 is 0 Å². The van der Waals surface area contributed by atoms with Crippen LogP contribution >= 0.6 is 12.2 Å². The Morgan fingerprint density at radius 3 is 2.48 bits per heavy atom. The predicted octanol–water partition coefficient (Wildman–Crippen LogP) is 4.99. The quantitative estimate of drug-likeness (QED) is 0.373. The van der Waals surface area contributed by atoms with Gasteiger partial charge in [-0.05, 0) is 82.6 Å². The molecule has 1 heterocycles. The third-order valence-corrected chi connectivity index (χ3v) is 6.79. The molecule has 0 atom stereocenters. The number of hydrogen-bond donors (Lipinski definition) is 0. The minimum absolute atomic E-state index is 0.686. The molecule has 0 radical (unpaired) electrons. The maximum absolute atomic E-state index is 5.88. The molecule has 0 aliphatic heterocycles. The molecule has 0 amide bonds. The lowest BCUT2D eigenvalue weighted by Gasteiger charge is -2.25. The number of benzene rings is 2. The smallest absolute Gasteiger partial charge is 0.119 e. The van der Waals surface area contributed by atoms with Crippen LogP contribution in [0.1, 0.15) is 43.6 Å². The highest BCUT2D eigenvalue weighted by Gasteiger charge is 2.24. The van der Waals surface area contributed by atoms with E-state index in [9.17, 15) is 0 Å². The summed E-state index contributed by atoms with van der Waals surface area (Å²) in [7, 11) is 4.20. The van der Waals surface area contributed by atoms with Crippen LogP contribution in [0.2, 0.25) is 0 Å². The second-order valence-electron chi connectivity index (χ2n) is 9.23. The molecule has 1 aliphatic carbocycles. The molecule has 1 fully saturated rings. The predicted molar refractivity (Wildman–Crippen MR) is 140 cm³/mol. The van der Waals surface area contributed by atoms with Crippen molar-refractivity contribution in [2.45, 2.75) is 39.7 Å². The number of aromatic nitrogens is 2. The van der Waals surface area contributed by atoms with Crippen molar-refractivity contribution in [3.05, 3.63) is 59.4 Å². The first kappa shape index (κ1) is 23.7. The Hall–Kier alpha value is -2.44. The lowest BCUT2D eigenvalue weighted by molar-refractivity contribution is 0.340.